The Balaban J connectivity index is 1.63. The van der Waals surface area contributed by atoms with Crippen LogP contribution in [-0.4, -0.2) is 24.1 Å². The summed E-state index contributed by atoms with van der Waals surface area (Å²) in [6.45, 7) is 2.38. The summed E-state index contributed by atoms with van der Waals surface area (Å²) in [5.74, 6) is 0.947. The fraction of sp³-hybridized carbons (Fsp3) is 0.588. The van der Waals surface area contributed by atoms with Crippen LogP contribution in [0.4, 0.5) is 0 Å². The highest BCUT2D eigenvalue weighted by Crippen LogP contribution is 2.40. The molecule has 3 nitrogen and oxygen atoms in total. The summed E-state index contributed by atoms with van der Waals surface area (Å²) in [4.78, 5) is 11.3. The van der Waals surface area contributed by atoms with Crippen LogP contribution in [0.25, 0.3) is 0 Å². The maximum absolute atomic E-state index is 11.3. The molecule has 0 radical (unpaired) electrons. The quantitative estimate of drug-likeness (QED) is 0.787. The van der Waals surface area contributed by atoms with Crippen molar-refractivity contribution < 1.29 is 14.3 Å². The number of benzene rings is 1. The number of rotatable bonds is 3. The van der Waals surface area contributed by atoms with Crippen molar-refractivity contribution >= 4 is 5.78 Å². The average Bonchev–Trinajstić information content (AvgIpc) is 2.87. The van der Waals surface area contributed by atoms with Crippen LogP contribution in [0.1, 0.15) is 55.8 Å². The van der Waals surface area contributed by atoms with Crippen LogP contribution in [0, 0.1) is 0 Å². The highest BCUT2D eigenvalue weighted by molar-refractivity contribution is 5.94. The molecular weight excluding hydrogens is 252 g/mol. The Bertz CT molecular complexity index is 472. The van der Waals surface area contributed by atoms with Crippen LogP contribution >= 0.6 is 0 Å². The predicted octanol–water partition coefficient (Wildman–Crippen LogP) is 3.76. The highest BCUT2D eigenvalue weighted by Gasteiger charge is 2.40. The Labute approximate surface area is 120 Å². The summed E-state index contributed by atoms with van der Waals surface area (Å²) in [5, 5.41) is 0. The van der Waals surface area contributed by atoms with Gasteiger partial charge < -0.3 is 9.47 Å². The first kappa shape index (κ1) is 13.6. The number of Topliss-reactive ketones (excluding diaryl/α,β-unsaturated/α-hetero) is 1. The van der Waals surface area contributed by atoms with E-state index in [0.29, 0.717) is 0 Å². The summed E-state index contributed by atoms with van der Waals surface area (Å²) in [5.41, 5.74) is 0.819. The summed E-state index contributed by atoms with van der Waals surface area (Å²) in [6, 6.07) is 7.46. The molecule has 1 aromatic carbocycles. The molecule has 1 unspecified atom stereocenters. The van der Waals surface area contributed by atoms with E-state index in [1.165, 1.54) is 25.7 Å². The van der Waals surface area contributed by atoms with E-state index < -0.39 is 0 Å². The Hall–Kier alpha value is -1.35. The smallest absolute Gasteiger partial charge is 0.159 e. The van der Waals surface area contributed by atoms with Crippen molar-refractivity contribution in [1.29, 1.82) is 0 Å². The fourth-order valence-corrected chi connectivity index (χ4v) is 3.41. The molecule has 1 saturated heterocycles. The zero-order chi connectivity index (χ0) is 14.0. The van der Waals surface area contributed by atoms with E-state index in [1.807, 2.05) is 24.3 Å². The van der Waals surface area contributed by atoms with Crippen LogP contribution < -0.4 is 4.74 Å². The highest BCUT2D eigenvalue weighted by atomic mass is 16.5. The standard InChI is InChI=1S/C17H22O3/c1-13(18)14-4-6-15(7-5-14)20-16-8-11-19-17(12-16)9-2-3-10-17/h4-7,16H,2-3,8-12H2,1H3. The van der Waals surface area contributed by atoms with E-state index in [4.69, 9.17) is 9.47 Å². The molecule has 1 atom stereocenters. The maximum Gasteiger partial charge on any atom is 0.159 e. The van der Waals surface area contributed by atoms with Gasteiger partial charge in [0.2, 0.25) is 0 Å². The number of ether oxygens (including phenoxy) is 2. The van der Waals surface area contributed by atoms with Crippen LogP contribution in [0.5, 0.6) is 5.75 Å². The Morgan fingerprint density at radius 1 is 1.25 bits per heavy atom. The largest absolute Gasteiger partial charge is 0.490 e. The second kappa shape index (κ2) is 5.57. The number of hydrogen-bond donors (Lipinski definition) is 0. The maximum atomic E-state index is 11.3. The Morgan fingerprint density at radius 2 is 1.95 bits per heavy atom. The molecule has 1 aliphatic heterocycles. The van der Waals surface area contributed by atoms with Gasteiger partial charge in [0.1, 0.15) is 11.9 Å². The van der Waals surface area contributed by atoms with E-state index in [1.54, 1.807) is 6.92 Å². The average molecular weight is 274 g/mol. The lowest BCUT2D eigenvalue weighted by Crippen LogP contribution is -2.41. The fourth-order valence-electron chi connectivity index (χ4n) is 3.41. The Morgan fingerprint density at radius 3 is 2.60 bits per heavy atom. The van der Waals surface area contributed by atoms with Crippen molar-refractivity contribution in [2.75, 3.05) is 6.61 Å². The van der Waals surface area contributed by atoms with Gasteiger partial charge in [-0.15, -0.1) is 0 Å². The van der Waals surface area contributed by atoms with E-state index in [0.717, 1.165) is 30.8 Å². The number of hydrogen-bond acceptors (Lipinski definition) is 3. The van der Waals surface area contributed by atoms with Crippen LogP contribution in [-0.2, 0) is 4.74 Å². The molecule has 1 aromatic rings. The molecule has 1 heterocycles. The van der Waals surface area contributed by atoms with E-state index in [9.17, 15) is 4.79 Å². The third-order valence-electron chi connectivity index (χ3n) is 4.53. The molecule has 0 amide bonds. The van der Waals surface area contributed by atoms with Gasteiger partial charge in [0, 0.05) is 18.4 Å². The van der Waals surface area contributed by atoms with Crippen molar-refractivity contribution in [2.45, 2.75) is 57.2 Å². The molecule has 108 valence electrons. The van der Waals surface area contributed by atoms with Crippen molar-refractivity contribution in [3.05, 3.63) is 29.8 Å². The molecule has 3 rings (SSSR count). The second-order valence-corrected chi connectivity index (χ2v) is 6.05. The first-order valence-corrected chi connectivity index (χ1v) is 7.59. The van der Waals surface area contributed by atoms with Crippen molar-refractivity contribution in [1.82, 2.24) is 0 Å². The summed E-state index contributed by atoms with van der Waals surface area (Å²) in [7, 11) is 0. The molecule has 2 fully saturated rings. The molecule has 1 spiro atoms. The number of carbonyl (C=O) groups is 1. The Kier molecular flexibility index (Phi) is 3.79. The summed E-state index contributed by atoms with van der Waals surface area (Å²) < 4.78 is 12.1. The normalized spacial score (nSPS) is 24.8. The molecule has 0 bridgehead atoms. The molecule has 1 aliphatic carbocycles. The van der Waals surface area contributed by atoms with Gasteiger partial charge in [0.05, 0.1) is 12.2 Å². The minimum absolute atomic E-state index is 0.0856. The molecule has 20 heavy (non-hydrogen) atoms. The van der Waals surface area contributed by atoms with E-state index in [-0.39, 0.29) is 17.5 Å². The first-order valence-electron chi connectivity index (χ1n) is 7.59. The van der Waals surface area contributed by atoms with Crippen LogP contribution in [0.3, 0.4) is 0 Å². The topological polar surface area (TPSA) is 35.5 Å². The van der Waals surface area contributed by atoms with Gasteiger partial charge in [0.15, 0.2) is 5.78 Å². The predicted molar refractivity (Wildman–Crippen MR) is 77.2 cm³/mol. The van der Waals surface area contributed by atoms with E-state index in [2.05, 4.69) is 0 Å². The van der Waals surface area contributed by atoms with E-state index >= 15 is 0 Å². The molecule has 0 N–H and O–H groups in total. The SMILES string of the molecule is CC(=O)c1ccc(OC2CCOC3(CCCC3)C2)cc1. The minimum Gasteiger partial charge on any atom is -0.490 e. The van der Waals surface area contributed by atoms with Crippen LogP contribution in [0.2, 0.25) is 0 Å². The molecule has 2 aliphatic rings. The number of carbonyl (C=O) groups excluding carboxylic acids is 1. The lowest BCUT2D eigenvalue weighted by Gasteiger charge is -2.38. The van der Waals surface area contributed by atoms with Gasteiger partial charge in [-0.05, 0) is 44.0 Å². The van der Waals surface area contributed by atoms with Gasteiger partial charge in [-0.25, -0.2) is 0 Å². The molecule has 3 heteroatoms. The zero-order valence-electron chi connectivity index (χ0n) is 12.1. The van der Waals surface area contributed by atoms with Gasteiger partial charge in [0.25, 0.3) is 0 Å². The lowest BCUT2D eigenvalue weighted by molar-refractivity contribution is -0.108. The minimum atomic E-state index is 0.0856. The molecule has 1 saturated carbocycles. The van der Waals surface area contributed by atoms with Crippen LogP contribution in [0.15, 0.2) is 24.3 Å². The van der Waals surface area contributed by atoms with Gasteiger partial charge >= 0.3 is 0 Å². The monoisotopic (exact) mass is 274 g/mol. The summed E-state index contributed by atoms with van der Waals surface area (Å²) >= 11 is 0. The number of ketones is 1. The van der Waals surface area contributed by atoms with Gasteiger partial charge in [-0.2, -0.15) is 0 Å². The van der Waals surface area contributed by atoms with Gasteiger partial charge in [-0.3, -0.25) is 4.79 Å². The van der Waals surface area contributed by atoms with Crippen molar-refractivity contribution in [3.63, 3.8) is 0 Å². The lowest BCUT2D eigenvalue weighted by atomic mass is 9.90. The molecular formula is C17H22O3. The third kappa shape index (κ3) is 2.88. The third-order valence-corrected chi connectivity index (χ3v) is 4.53. The van der Waals surface area contributed by atoms with Crippen molar-refractivity contribution in [3.8, 4) is 5.75 Å². The first-order chi connectivity index (χ1) is 9.67. The summed E-state index contributed by atoms with van der Waals surface area (Å²) in [6.07, 6.45) is 7.11. The molecule has 0 aromatic heterocycles. The van der Waals surface area contributed by atoms with Gasteiger partial charge in [-0.1, -0.05) is 12.8 Å². The zero-order valence-corrected chi connectivity index (χ0v) is 12.1. The second-order valence-electron chi connectivity index (χ2n) is 6.05. The van der Waals surface area contributed by atoms with Crippen molar-refractivity contribution in [2.24, 2.45) is 0 Å².